The van der Waals surface area contributed by atoms with Crippen LogP contribution in [0, 0.1) is 6.92 Å². The summed E-state index contributed by atoms with van der Waals surface area (Å²) in [4.78, 5) is 8.39. The molecule has 90 valence electrons. The maximum atomic E-state index is 5.93. The van der Waals surface area contributed by atoms with E-state index < -0.39 is 0 Å². The number of nitrogens with two attached hydrogens (primary N) is 1. The van der Waals surface area contributed by atoms with Gasteiger partial charge in [0.25, 0.3) is 5.89 Å². The number of pyridine rings is 1. The molecule has 0 fully saturated rings. The fraction of sp³-hybridized carbons (Fsp3) is 0.417. The Morgan fingerprint density at radius 3 is 2.94 bits per heavy atom. The van der Waals surface area contributed by atoms with Crippen LogP contribution in [0.25, 0.3) is 11.5 Å². The molecule has 0 aliphatic heterocycles. The predicted octanol–water partition coefficient (Wildman–Crippen LogP) is 2.24. The van der Waals surface area contributed by atoms with Crippen LogP contribution in [-0.4, -0.2) is 15.1 Å². The van der Waals surface area contributed by atoms with Crippen LogP contribution in [0.4, 0.5) is 0 Å². The van der Waals surface area contributed by atoms with Gasteiger partial charge >= 0.3 is 0 Å². The molecule has 0 aromatic carbocycles. The van der Waals surface area contributed by atoms with Crippen LogP contribution in [0.2, 0.25) is 0 Å². The van der Waals surface area contributed by atoms with Gasteiger partial charge in [-0.15, -0.1) is 0 Å². The second-order valence-electron chi connectivity index (χ2n) is 4.10. The first-order valence-electron chi connectivity index (χ1n) is 5.72. The molecule has 2 aromatic rings. The summed E-state index contributed by atoms with van der Waals surface area (Å²) in [6.45, 7) is 4.04. The van der Waals surface area contributed by atoms with E-state index in [0.29, 0.717) is 11.7 Å². The van der Waals surface area contributed by atoms with Gasteiger partial charge in [0.05, 0.1) is 11.6 Å². The van der Waals surface area contributed by atoms with Crippen molar-refractivity contribution in [3.8, 4) is 11.5 Å². The predicted molar refractivity (Wildman–Crippen MR) is 64.1 cm³/mol. The third-order valence-corrected chi connectivity index (χ3v) is 2.49. The van der Waals surface area contributed by atoms with Gasteiger partial charge in [0.2, 0.25) is 0 Å². The van der Waals surface area contributed by atoms with Crippen molar-refractivity contribution in [2.45, 2.75) is 32.7 Å². The minimum Gasteiger partial charge on any atom is -0.334 e. The smallest absolute Gasteiger partial charge is 0.259 e. The van der Waals surface area contributed by atoms with Gasteiger partial charge in [-0.05, 0) is 25.0 Å². The summed E-state index contributed by atoms with van der Waals surface area (Å²) in [6.07, 6.45) is 5.33. The minimum atomic E-state index is -0.157. The van der Waals surface area contributed by atoms with Gasteiger partial charge in [0, 0.05) is 12.4 Å². The van der Waals surface area contributed by atoms with Crippen LogP contribution in [0.1, 0.15) is 37.2 Å². The minimum absolute atomic E-state index is 0.157. The van der Waals surface area contributed by atoms with Crippen LogP contribution in [0.3, 0.4) is 0 Å². The Labute approximate surface area is 100 Å². The highest BCUT2D eigenvalue weighted by molar-refractivity contribution is 5.51. The third kappa shape index (κ3) is 2.68. The SMILES string of the molecule is CCCC(N)c1noc(-c2cncc(C)c2)n1. The molecule has 2 N–H and O–H groups in total. The largest absolute Gasteiger partial charge is 0.334 e. The topological polar surface area (TPSA) is 77.8 Å². The number of rotatable bonds is 4. The Morgan fingerprint density at radius 2 is 2.24 bits per heavy atom. The van der Waals surface area contributed by atoms with Crippen molar-refractivity contribution in [3.05, 3.63) is 29.8 Å². The zero-order valence-corrected chi connectivity index (χ0v) is 10.1. The van der Waals surface area contributed by atoms with Gasteiger partial charge in [0.1, 0.15) is 0 Å². The van der Waals surface area contributed by atoms with Crippen molar-refractivity contribution < 1.29 is 4.52 Å². The lowest BCUT2D eigenvalue weighted by Crippen LogP contribution is -2.11. The van der Waals surface area contributed by atoms with E-state index in [1.807, 2.05) is 13.0 Å². The van der Waals surface area contributed by atoms with Crippen LogP contribution >= 0.6 is 0 Å². The molecule has 1 unspecified atom stereocenters. The molecule has 0 bridgehead atoms. The number of hydrogen-bond acceptors (Lipinski definition) is 5. The van der Waals surface area contributed by atoms with Gasteiger partial charge in [0.15, 0.2) is 5.82 Å². The van der Waals surface area contributed by atoms with Gasteiger partial charge in [-0.1, -0.05) is 18.5 Å². The number of nitrogens with zero attached hydrogens (tertiary/aromatic N) is 3. The molecule has 0 aliphatic rings. The summed E-state index contributed by atoms with van der Waals surface area (Å²) in [7, 11) is 0. The molecule has 2 rings (SSSR count). The van der Waals surface area contributed by atoms with Crippen molar-refractivity contribution in [1.29, 1.82) is 0 Å². The van der Waals surface area contributed by atoms with Crippen molar-refractivity contribution in [3.63, 3.8) is 0 Å². The highest BCUT2D eigenvalue weighted by atomic mass is 16.5. The molecule has 5 nitrogen and oxygen atoms in total. The molecule has 0 radical (unpaired) electrons. The monoisotopic (exact) mass is 232 g/mol. The number of hydrogen-bond donors (Lipinski definition) is 1. The van der Waals surface area contributed by atoms with Crippen molar-refractivity contribution in [1.82, 2.24) is 15.1 Å². The Bertz CT molecular complexity index is 495. The Kier molecular flexibility index (Phi) is 3.49. The van der Waals surface area contributed by atoms with Crippen LogP contribution in [0.5, 0.6) is 0 Å². The second-order valence-corrected chi connectivity index (χ2v) is 4.10. The standard InChI is InChI=1S/C12H16N4O/c1-3-4-10(13)11-15-12(17-16-11)9-5-8(2)6-14-7-9/h5-7,10H,3-4,13H2,1-2H3. The summed E-state index contributed by atoms with van der Waals surface area (Å²) in [5, 5.41) is 3.90. The van der Waals surface area contributed by atoms with Gasteiger partial charge in [-0.25, -0.2) is 0 Å². The van der Waals surface area contributed by atoms with E-state index in [0.717, 1.165) is 24.0 Å². The molecule has 5 heteroatoms. The normalized spacial score (nSPS) is 12.6. The third-order valence-electron chi connectivity index (χ3n) is 2.49. The lowest BCUT2D eigenvalue weighted by Gasteiger charge is -2.02. The lowest BCUT2D eigenvalue weighted by molar-refractivity contribution is 0.413. The molecule has 2 aromatic heterocycles. The van der Waals surface area contributed by atoms with E-state index in [-0.39, 0.29) is 6.04 Å². The average molecular weight is 232 g/mol. The number of aromatic nitrogens is 3. The zero-order chi connectivity index (χ0) is 12.3. The van der Waals surface area contributed by atoms with E-state index in [2.05, 4.69) is 22.0 Å². The summed E-state index contributed by atoms with van der Waals surface area (Å²) in [5.74, 6) is 1.03. The quantitative estimate of drug-likeness (QED) is 0.874. The first-order chi connectivity index (χ1) is 8.20. The van der Waals surface area contributed by atoms with E-state index in [1.54, 1.807) is 12.4 Å². The summed E-state index contributed by atoms with van der Waals surface area (Å²) in [5.41, 5.74) is 7.81. The summed E-state index contributed by atoms with van der Waals surface area (Å²) in [6, 6.07) is 1.80. The van der Waals surface area contributed by atoms with E-state index in [4.69, 9.17) is 10.3 Å². The van der Waals surface area contributed by atoms with Gasteiger partial charge in [-0.2, -0.15) is 4.98 Å². The highest BCUT2D eigenvalue weighted by Gasteiger charge is 2.14. The fourth-order valence-corrected chi connectivity index (χ4v) is 1.61. The molecular weight excluding hydrogens is 216 g/mol. The maximum absolute atomic E-state index is 5.93. The average Bonchev–Trinajstić information content (AvgIpc) is 2.78. The van der Waals surface area contributed by atoms with Crippen molar-refractivity contribution >= 4 is 0 Å². The van der Waals surface area contributed by atoms with Gasteiger partial charge < -0.3 is 10.3 Å². The Morgan fingerprint density at radius 1 is 1.41 bits per heavy atom. The van der Waals surface area contributed by atoms with Crippen molar-refractivity contribution in [2.75, 3.05) is 0 Å². The Hall–Kier alpha value is -1.75. The molecule has 17 heavy (non-hydrogen) atoms. The Balaban J connectivity index is 2.23. The molecule has 0 spiro atoms. The van der Waals surface area contributed by atoms with E-state index in [9.17, 15) is 0 Å². The first kappa shape index (κ1) is 11.7. The summed E-state index contributed by atoms with van der Waals surface area (Å²) >= 11 is 0. The first-order valence-corrected chi connectivity index (χ1v) is 5.72. The lowest BCUT2D eigenvalue weighted by atomic mass is 10.2. The number of aryl methyl sites for hydroxylation is 1. The van der Waals surface area contributed by atoms with E-state index >= 15 is 0 Å². The fourth-order valence-electron chi connectivity index (χ4n) is 1.61. The van der Waals surface area contributed by atoms with Crippen LogP contribution in [0.15, 0.2) is 23.0 Å². The molecule has 1 atom stereocenters. The molecule has 0 saturated heterocycles. The van der Waals surface area contributed by atoms with E-state index in [1.165, 1.54) is 0 Å². The van der Waals surface area contributed by atoms with Crippen LogP contribution < -0.4 is 5.73 Å². The van der Waals surface area contributed by atoms with Crippen LogP contribution in [-0.2, 0) is 0 Å². The second kappa shape index (κ2) is 5.05. The van der Waals surface area contributed by atoms with Crippen molar-refractivity contribution in [2.24, 2.45) is 5.73 Å². The molecule has 0 saturated carbocycles. The molecule has 0 aliphatic carbocycles. The highest BCUT2D eigenvalue weighted by Crippen LogP contribution is 2.20. The maximum Gasteiger partial charge on any atom is 0.259 e. The van der Waals surface area contributed by atoms with Gasteiger partial charge in [-0.3, -0.25) is 4.98 Å². The molecular formula is C12H16N4O. The summed E-state index contributed by atoms with van der Waals surface area (Å²) < 4.78 is 5.19. The molecule has 0 amide bonds. The molecule has 2 heterocycles. The zero-order valence-electron chi connectivity index (χ0n) is 10.1.